The molecule has 1 N–H and O–H groups in total. The summed E-state index contributed by atoms with van der Waals surface area (Å²) in [6, 6.07) is 25.2. The molecule has 6 nitrogen and oxygen atoms in total. The molecule has 4 aromatic rings. The molecule has 0 aliphatic heterocycles. The number of aryl methyl sites for hydroxylation is 1. The molecule has 0 aliphatic rings. The van der Waals surface area contributed by atoms with E-state index in [1.807, 2.05) is 55.5 Å². The van der Waals surface area contributed by atoms with Crippen LogP contribution in [0.1, 0.15) is 21.5 Å². The number of carbonyl (C=O) groups is 2. The van der Waals surface area contributed by atoms with Crippen LogP contribution < -0.4 is 14.9 Å². The van der Waals surface area contributed by atoms with Gasteiger partial charge in [0.15, 0.2) is 6.61 Å². The number of hydrazone groups is 1. The number of nitrogens with zero attached hydrogens (tertiary/aromatic N) is 1. The van der Waals surface area contributed by atoms with Crippen molar-refractivity contribution >= 4 is 40.5 Å². The first kappa shape index (κ1) is 23.0. The van der Waals surface area contributed by atoms with Gasteiger partial charge in [-0.1, -0.05) is 66.2 Å². The molecule has 0 aliphatic carbocycles. The Kier molecular flexibility index (Phi) is 7.20. The van der Waals surface area contributed by atoms with Gasteiger partial charge in [0.1, 0.15) is 11.5 Å². The van der Waals surface area contributed by atoms with Crippen LogP contribution in [0, 0.1) is 6.92 Å². The molecule has 0 fully saturated rings. The van der Waals surface area contributed by atoms with Crippen molar-refractivity contribution in [2.45, 2.75) is 6.92 Å². The first-order chi connectivity index (χ1) is 16.5. The van der Waals surface area contributed by atoms with Gasteiger partial charge in [-0.2, -0.15) is 5.10 Å². The van der Waals surface area contributed by atoms with Gasteiger partial charge in [0.05, 0.1) is 16.8 Å². The van der Waals surface area contributed by atoms with Crippen LogP contribution in [0.25, 0.3) is 10.8 Å². The second-order valence-corrected chi connectivity index (χ2v) is 7.87. The van der Waals surface area contributed by atoms with Gasteiger partial charge in [-0.25, -0.2) is 10.2 Å². The Balaban J connectivity index is 1.52. The number of hydrogen-bond acceptors (Lipinski definition) is 5. The zero-order chi connectivity index (χ0) is 23.9. The Morgan fingerprint density at radius 1 is 0.971 bits per heavy atom. The lowest BCUT2D eigenvalue weighted by molar-refractivity contribution is -0.123. The highest BCUT2D eigenvalue weighted by Gasteiger charge is 2.15. The summed E-state index contributed by atoms with van der Waals surface area (Å²) in [4.78, 5) is 24.9. The van der Waals surface area contributed by atoms with Gasteiger partial charge >= 0.3 is 5.97 Å². The minimum atomic E-state index is -0.592. The molecular formula is C27H21ClN2O4. The van der Waals surface area contributed by atoms with Crippen LogP contribution in [-0.4, -0.2) is 24.7 Å². The third-order valence-corrected chi connectivity index (χ3v) is 5.30. The molecule has 1 amide bonds. The highest BCUT2D eigenvalue weighted by atomic mass is 35.5. The van der Waals surface area contributed by atoms with Gasteiger partial charge in [-0.15, -0.1) is 0 Å². The fourth-order valence-electron chi connectivity index (χ4n) is 3.33. The van der Waals surface area contributed by atoms with E-state index in [0.717, 1.165) is 16.3 Å². The molecule has 0 bridgehead atoms. The molecule has 0 saturated heterocycles. The molecule has 0 saturated carbocycles. The number of esters is 1. The molecule has 0 aromatic heterocycles. The summed E-state index contributed by atoms with van der Waals surface area (Å²) < 4.78 is 11.1. The van der Waals surface area contributed by atoms with Crippen molar-refractivity contribution < 1.29 is 19.1 Å². The maximum atomic E-state index is 12.7. The molecule has 0 heterocycles. The third-order valence-electron chi connectivity index (χ3n) is 4.97. The molecule has 4 aromatic carbocycles. The van der Waals surface area contributed by atoms with Crippen molar-refractivity contribution in [2.24, 2.45) is 5.10 Å². The average Bonchev–Trinajstić information content (AvgIpc) is 2.84. The summed E-state index contributed by atoms with van der Waals surface area (Å²) in [6.07, 6.45) is 1.45. The van der Waals surface area contributed by atoms with Crippen LogP contribution in [-0.2, 0) is 4.79 Å². The first-order valence-corrected chi connectivity index (χ1v) is 10.9. The molecular weight excluding hydrogens is 452 g/mol. The molecule has 7 heteroatoms. The first-order valence-electron chi connectivity index (χ1n) is 10.5. The van der Waals surface area contributed by atoms with E-state index in [1.165, 1.54) is 6.21 Å². The van der Waals surface area contributed by atoms with Gasteiger partial charge in [-0.05, 0) is 53.6 Å². The van der Waals surface area contributed by atoms with Crippen LogP contribution in [0.4, 0.5) is 0 Å². The highest BCUT2D eigenvalue weighted by Crippen LogP contribution is 2.28. The maximum absolute atomic E-state index is 12.7. The maximum Gasteiger partial charge on any atom is 0.345 e. The Hall–Kier alpha value is -4.16. The van der Waals surface area contributed by atoms with Crippen molar-refractivity contribution in [3.63, 3.8) is 0 Å². The van der Waals surface area contributed by atoms with Gasteiger partial charge in [-0.3, -0.25) is 4.79 Å². The number of amides is 1. The van der Waals surface area contributed by atoms with Crippen molar-refractivity contribution in [3.8, 4) is 11.5 Å². The molecule has 0 atom stereocenters. The van der Waals surface area contributed by atoms with Crippen LogP contribution >= 0.6 is 11.6 Å². The predicted octanol–water partition coefficient (Wildman–Crippen LogP) is 5.55. The zero-order valence-electron chi connectivity index (χ0n) is 18.3. The van der Waals surface area contributed by atoms with E-state index in [1.54, 1.807) is 36.4 Å². The molecule has 0 unspecified atom stereocenters. The molecule has 34 heavy (non-hydrogen) atoms. The van der Waals surface area contributed by atoms with Crippen LogP contribution in [0.3, 0.4) is 0 Å². The minimum absolute atomic E-state index is 0.190. The van der Waals surface area contributed by atoms with Crippen molar-refractivity contribution in [1.82, 2.24) is 5.43 Å². The van der Waals surface area contributed by atoms with E-state index < -0.39 is 11.9 Å². The Labute approximate surface area is 201 Å². The summed E-state index contributed by atoms with van der Waals surface area (Å²) in [6.45, 7) is 1.75. The number of carbonyl (C=O) groups excluding carboxylic acids is 2. The second kappa shape index (κ2) is 10.6. The number of hydrogen-bond donors (Lipinski definition) is 1. The van der Waals surface area contributed by atoms with Crippen molar-refractivity contribution in [3.05, 3.63) is 107 Å². The predicted molar refractivity (Wildman–Crippen MR) is 133 cm³/mol. The topological polar surface area (TPSA) is 77.0 Å². The average molecular weight is 473 g/mol. The van der Waals surface area contributed by atoms with E-state index in [9.17, 15) is 9.59 Å². The van der Waals surface area contributed by atoms with Gasteiger partial charge in [0.25, 0.3) is 5.91 Å². The lowest BCUT2D eigenvalue weighted by atomic mass is 10.0. The summed E-state index contributed by atoms with van der Waals surface area (Å²) >= 11 is 6.13. The normalized spacial score (nSPS) is 10.9. The van der Waals surface area contributed by atoms with E-state index in [0.29, 0.717) is 16.3 Å². The standard InChI is InChI=1S/C27H21ClN2O4/c1-18-7-6-9-20(15-18)33-17-26(31)30-29-16-23-21-10-3-2-8-19(21)13-14-25(23)34-27(32)22-11-4-5-12-24(22)28/h2-16H,17H2,1H3,(H,30,31). The molecule has 4 rings (SSSR count). The number of fused-ring (bicyclic) bond motifs is 1. The lowest BCUT2D eigenvalue weighted by Gasteiger charge is -2.11. The van der Waals surface area contributed by atoms with Crippen molar-refractivity contribution in [2.75, 3.05) is 6.61 Å². The Morgan fingerprint density at radius 3 is 2.59 bits per heavy atom. The van der Waals surface area contributed by atoms with E-state index in [2.05, 4.69) is 10.5 Å². The van der Waals surface area contributed by atoms with Gasteiger partial charge < -0.3 is 9.47 Å². The fraction of sp³-hybridized carbons (Fsp3) is 0.0741. The number of nitrogens with one attached hydrogen (secondary N) is 1. The third kappa shape index (κ3) is 5.60. The van der Waals surface area contributed by atoms with E-state index in [4.69, 9.17) is 21.1 Å². The smallest absolute Gasteiger partial charge is 0.345 e. The minimum Gasteiger partial charge on any atom is -0.484 e. The number of rotatable bonds is 7. The number of halogens is 1. The monoisotopic (exact) mass is 472 g/mol. The summed E-state index contributed by atoms with van der Waals surface area (Å²) in [5.41, 5.74) is 4.27. The number of ether oxygens (including phenoxy) is 2. The summed E-state index contributed by atoms with van der Waals surface area (Å²) in [5.74, 6) is -0.127. The van der Waals surface area contributed by atoms with Gasteiger partial charge in [0, 0.05) is 5.56 Å². The molecule has 0 spiro atoms. The summed E-state index contributed by atoms with van der Waals surface area (Å²) in [5, 5.41) is 6.09. The Bertz CT molecular complexity index is 1380. The van der Waals surface area contributed by atoms with E-state index >= 15 is 0 Å². The number of benzene rings is 4. The van der Waals surface area contributed by atoms with Crippen molar-refractivity contribution in [1.29, 1.82) is 0 Å². The van der Waals surface area contributed by atoms with E-state index in [-0.39, 0.29) is 17.9 Å². The molecule has 170 valence electrons. The Morgan fingerprint density at radius 2 is 1.76 bits per heavy atom. The fourth-order valence-corrected chi connectivity index (χ4v) is 3.55. The SMILES string of the molecule is Cc1cccc(OCC(=O)NN=Cc2c(OC(=O)c3ccccc3Cl)ccc3ccccc23)c1. The van der Waals surface area contributed by atoms with Crippen LogP contribution in [0.5, 0.6) is 11.5 Å². The highest BCUT2D eigenvalue weighted by molar-refractivity contribution is 6.33. The zero-order valence-corrected chi connectivity index (χ0v) is 19.1. The van der Waals surface area contributed by atoms with Crippen LogP contribution in [0.2, 0.25) is 5.02 Å². The van der Waals surface area contributed by atoms with Gasteiger partial charge in [0.2, 0.25) is 0 Å². The second-order valence-electron chi connectivity index (χ2n) is 7.47. The summed E-state index contributed by atoms with van der Waals surface area (Å²) in [7, 11) is 0. The quantitative estimate of drug-likeness (QED) is 0.165. The largest absolute Gasteiger partial charge is 0.484 e. The van der Waals surface area contributed by atoms with Crippen LogP contribution in [0.15, 0.2) is 90.0 Å². The molecule has 0 radical (unpaired) electrons. The lowest BCUT2D eigenvalue weighted by Crippen LogP contribution is -2.24.